The van der Waals surface area contributed by atoms with Crippen LogP contribution in [0.15, 0.2) is 60.3 Å². The first-order chi connectivity index (χ1) is 14.9. The van der Waals surface area contributed by atoms with Crippen molar-refractivity contribution in [2.24, 2.45) is 0 Å². The number of anilines is 2. The van der Waals surface area contributed by atoms with E-state index >= 15 is 0 Å². The number of para-hydroxylation sites is 1. The average molecular weight is 450 g/mol. The molecule has 168 valence electrons. The molecule has 2 aromatic carbocycles. The average Bonchev–Trinajstić information content (AvgIpc) is 2.67. The third kappa shape index (κ3) is 5.78. The van der Waals surface area contributed by atoms with Crippen LogP contribution < -0.4 is 15.4 Å². The number of nitrogens with one attached hydrogen (secondary N) is 2. The third-order valence-corrected chi connectivity index (χ3v) is 4.01. The summed E-state index contributed by atoms with van der Waals surface area (Å²) in [7, 11) is 0. The van der Waals surface area contributed by atoms with E-state index in [1.807, 2.05) is 0 Å². The minimum atomic E-state index is -4.82. The first-order valence-electron chi connectivity index (χ1n) is 9.13. The van der Waals surface area contributed by atoms with Gasteiger partial charge >= 0.3 is 18.3 Å². The molecule has 0 saturated carbocycles. The minimum absolute atomic E-state index is 0.137. The standard InChI is InChI=1S/C21H17F3N2O6/c1-20(2)31-18(28)15(19(29)32-20)11-25-16-6-4-3-5-14(16)17(27)26-12-7-9-13(10-8-12)30-21(22,23)24/h3-11,25H,1-2H3,(H,26,27). The number of amides is 1. The Balaban J connectivity index is 1.73. The molecule has 0 spiro atoms. The summed E-state index contributed by atoms with van der Waals surface area (Å²) < 4.78 is 50.5. The van der Waals surface area contributed by atoms with Crippen LogP contribution in [-0.4, -0.2) is 30.0 Å². The van der Waals surface area contributed by atoms with Gasteiger partial charge in [0, 0.05) is 25.7 Å². The van der Waals surface area contributed by atoms with Crippen LogP contribution in [0.5, 0.6) is 5.75 Å². The van der Waals surface area contributed by atoms with Gasteiger partial charge in [0.2, 0.25) is 0 Å². The number of hydrogen-bond acceptors (Lipinski definition) is 7. The summed E-state index contributed by atoms with van der Waals surface area (Å²) in [5, 5.41) is 5.24. The Morgan fingerprint density at radius 3 is 2.19 bits per heavy atom. The van der Waals surface area contributed by atoms with Crippen LogP contribution in [0.4, 0.5) is 24.5 Å². The van der Waals surface area contributed by atoms with E-state index in [0.717, 1.165) is 18.3 Å². The molecule has 1 aliphatic rings. The van der Waals surface area contributed by atoms with Gasteiger partial charge in [0.1, 0.15) is 5.75 Å². The lowest BCUT2D eigenvalue weighted by atomic mass is 10.1. The molecule has 1 amide bonds. The van der Waals surface area contributed by atoms with E-state index in [2.05, 4.69) is 15.4 Å². The van der Waals surface area contributed by atoms with E-state index in [0.29, 0.717) is 0 Å². The van der Waals surface area contributed by atoms with Crippen molar-refractivity contribution in [2.75, 3.05) is 10.6 Å². The normalized spacial score (nSPS) is 15.3. The number of hydrogen-bond donors (Lipinski definition) is 2. The maximum atomic E-state index is 12.6. The molecule has 32 heavy (non-hydrogen) atoms. The fourth-order valence-corrected chi connectivity index (χ4v) is 2.67. The molecular weight excluding hydrogens is 433 g/mol. The number of cyclic esters (lactones) is 2. The van der Waals surface area contributed by atoms with Crippen LogP contribution in [0.1, 0.15) is 24.2 Å². The van der Waals surface area contributed by atoms with Gasteiger partial charge in [-0.2, -0.15) is 0 Å². The van der Waals surface area contributed by atoms with Gasteiger partial charge in [-0.05, 0) is 36.4 Å². The predicted octanol–water partition coefficient (Wildman–Crippen LogP) is 3.97. The number of rotatable bonds is 5. The maximum Gasteiger partial charge on any atom is 0.573 e. The topological polar surface area (TPSA) is 103 Å². The Labute approximate surface area is 179 Å². The second-order valence-electron chi connectivity index (χ2n) is 6.95. The Morgan fingerprint density at radius 2 is 1.59 bits per heavy atom. The van der Waals surface area contributed by atoms with Gasteiger partial charge in [-0.3, -0.25) is 4.79 Å². The largest absolute Gasteiger partial charge is 0.573 e. The number of ether oxygens (including phenoxy) is 3. The number of carbonyl (C=O) groups is 3. The second-order valence-corrected chi connectivity index (χ2v) is 6.95. The van der Waals surface area contributed by atoms with Gasteiger partial charge in [-0.25, -0.2) is 9.59 Å². The predicted molar refractivity (Wildman–Crippen MR) is 105 cm³/mol. The molecule has 1 heterocycles. The van der Waals surface area contributed by atoms with Gasteiger partial charge in [0.15, 0.2) is 5.57 Å². The molecule has 1 aliphatic heterocycles. The lowest BCUT2D eigenvalue weighted by molar-refractivity contribution is -0.274. The van der Waals surface area contributed by atoms with Crippen molar-refractivity contribution in [2.45, 2.75) is 26.0 Å². The van der Waals surface area contributed by atoms with Gasteiger partial charge < -0.3 is 24.8 Å². The van der Waals surface area contributed by atoms with Crippen molar-refractivity contribution in [1.82, 2.24) is 0 Å². The first-order valence-corrected chi connectivity index (χ1v) is 9.13. The molecule has 0 aromatic heterocycles. The van der Waals surface area contributed by atoms with E-state index < -0.39 is 35.7 Å². The van der Waals surface area contributed by atoms with Crippen LogP contribution in [-0.2, 0) is 19.1 Å². The maximum absolute atomic E-state index is 12.6. The van der Waals surface area contributed by atoms with Crippen molar-refractivity contribution < 1.29 is 41.8 Å². The van der Waals surface area contributed by atoms with Crippen molar-refractivity contribution in [3.8, 4) is 5.75 Å². The van der Waals surface area contributed by atoms with E-state index in [9.17, 15) is 27.6 Å². The summed E-state index contributed by atoms with van der Waals surface area (Å²) >= 11 is 0. The Kier molecular flexibility index (Phi) is 6.10. The molecule has 11 heteroatoms. The summed E-state index contributed by atoms with van der Waals surface area (Å²) in [6.45, 7) is 2.82. The van der Waals surface area contributed by atoms with E-state index in [4.69, 9.17) is 9.47 Å². The number of halogens is 3. The highest BCUT2D eigenvalue weighted by atomic mass is 19.4. The molecular formula is C21H17F3N2O6. The molecule has 0 aliphatic carbocycles. The molecule has 2 aromatic rings. The molecule has 1 fully saturated rings. The van der Waals surface area contributed by atoms with E-state index in [-0.39, 0.29) is 22.5 Å². The number of esters is 2. The molecule has 2 N–H and O–H groups in total. The van der Waals surface area contributed by atoms with Gasteiger partial charge in [0.05, 0.1) is 11.3 Å². The molecule has 0 atom stereocenters. The van der Waals surface area contributed by atoms with Crippen LogP contribution in [0.2, 0.25) is 0 Å². The fourth-order valence-electron chi connectivity index (χ4n) is 2.67. The summed E-state index contributed by atoms with van der Waals surface area (Å²) in [5.74, 6) is -4.18. The monoisotopic (exact) mass is 450 g/mol. The summed E-state index contributed by atoms with van der Waals surface area (Å²) in [4.78, 5) is 36.7. The van der Waals surface area contributed by atoms with Crippen molar-refractivity contribution >= 4 is 29.2 Å². The molecule has 0 unspecified atom stereocenters. The summed E-state index contributed by atoms with van der Waals surface area (Å²) in [5.41, 5.74) is 0.219. The molecule has 0 radical (unpaired) electrons. The van der Waals surface area contributed by atoms with Crippen molar-refractivity contribution in [1.29, 1.82) is 0 Å². The Morgan fingerprint density at radius 1 is 1.00 bits per heavy atom. The van der Waals surface area contributed by atoms with Gasteiger partial charge in [0.25, 0.3) is 11.7 Å². The summed E-state index contributed by atoms with van der Waals surface area (Å²) in [6.07, 6.45) is -3.76. The quantitative estimate of drug-likeness (QED) is 0.404. The Hall–Kier alpha value is -4.02. The molecule has 3 rings (SSSR count). The lowest BCUT2D eigenvalue weighted by Gasteiger charge is -2.29. The zero-order valence-electron chi connectivity index (χ0n) is 16.8. The van der Waals surface area contributed by atoms with E-state index in [1.165, 1.54) is 38.1 Å². The second kappa shape index (κ2) is 8.61. The highest BCUT2D eigenvalue weighted by molar-refractivity contribution is 6.15. The smallest absolute Gasteiger partial charge is 0.419 e. The van der Waals surface area contributed by atoms with Crippen molar-refractivity contribution in [3.63, 3.8) is 0 Å². The van der Waals surface area contributed by atoms with Gasteiger partial charge in [-0.15, -0.1) is 13.2 Å². The molecule has 0 bridgehead atoms. The number of alkyl halides is 3. The van der Waals surface area contributed by atoms with Crippen LogP contribution in [0.3, 0.4) is 0 Å². The zero-order chi connectivity index (χ0) is 23.5. The molecule has 1 saturated heterocycles. The minimum Gasteiger partial charge on any atom is -0.419 e. The first kappa shape index (κ1) is 22.7. The third-order valence-electron chi connectivity index (χ3n) is 4.01. The van der Waals surface area contributed by atoms with E-state index in [1.54, 1.807) is 12.1 Å². The zero-order valence-corrected chi connectivity index (χ0v) is 16.8. The van der Waals surface area contributed by atoms with Crippen LogP contribution in [0.25, 0.3) is 0 Å². The van der Waals surface area contributed by atoms with Crippen LogP contribution in [0, 0.1) is 0 Å². The summed E-state index contributed by atoms with van der Waals surface area (Å²) in [6, 6.07) is 10.8. The fraction of sp³-hybridized carbons (Fsp3) is 0.190. The highest BCUT2D eigenvalue weighted by Crippen LogP contribution is 2.26. The highest BCUT2D eigenvalue weighted by Gasteiger charge is 2.39. The number of benzene rings is 2. The lowest BCUT2D eigenvalue weighted by Crippen LogP contribution is -2.42. The van der Waals surface area contributed by atoms with Crippen molar-refractivity contribution in [3.05, 3.63) is 65.9 Å². The SMILES string of the molecule is CC1(C)OC(=O)C(=CNc2ccccc2C(=O)Nc2ccc(OC(F)(F)F)cc2)C(=O)O1. The molecule has 8 nitrogen and oxygen atoms in total. The van der Waals surface area contributed by atoms with Crippen LogP contribution >= 0.6 is 0 Å². The Bertz CT molecular complexity index is 1060. The van der Waals surface area contributed by atoms with Gasteiger partial charge in [-0.1, -0.05) is 12.1 Å². The number of carbonyl (C=O) groups excluding carboxylic acids is 3.